The number of nitrogens with one attached hydrogen (secondary N) is 2. The van der Waals surface area contributed by atoms with Crippen LogP contribution in [0.4, 0.5) is 11.4 Å². The van der Waals surface area contributed by atoms with E-state index in [0.29, 0.717) is 60.2 Å². The normalized spacial score (nSPS) is 16.9. The molecule has 2 aromatic carbocycles. The van der Waals surface area contributed by atoms with Crippen LogP contribution in [0.1, 0.15) is 36.8 Å². The van der Waals surface area contributed by atoms with Crippen molar-refractivity contribution in [1.82, 2.24) is 30.0 Å². The van der Waals surface area contributed by atoms with Gasteiger partial charge < -0.3 is 24.9 Å². The molecule has 2 aliphatic rings. The Labute approximate surface area is 294 Å². The minimum Gasteiger partial charge on any atom is -0.416 e. The van der Waals surface area contributed by atoms with Crippen molar-refractivity contribution in [3.8, 4) is 22.9 Å². The topological polar surface area (TPSA) is 164 Å². The molecule has 3 aromatic heterocycles. The maximum atomic E-state index is 13.2. The molecule has 0 radical (unpaired) electrons. The Hall–Kier alpha value is -6.24. The van der Waals surface area contributed by atoms with E-state index in [9.17, 15) is 19.2 Å². The average molecular weight is 685 g/mol. The van der Waals surface area contributed by atoms with E-state index in [4.69, 9.17) is 4.42 Å². The SMILES string of the molecule is O=C(Nc1ccc(-c2nnc(-c3ccc(NC(=O)C4CCCN4C(=O)Cc4cccnc4)cc3)o2)cc1)C1CCCN1C(=O)Cc1cccnc1. The Morgan fingerprint density at radius 1 is 0.627 bits per heavy atom. The number of carbonyl (C=O) groups excluding carboxylic acids is 4. The smallest absolute Gasteiger partial charge is 0.248 e. The molecule has 51 heavy (non-hydrogen) atoms. The molecule has 2 fully saturated rings. The molecule has 0 aliphatic carbocycles. The number of hydrogen-bond acceptors (Lipinski definition) is 9. The van der Waals surface area contributed by atoms with Gasteiger partial charge in [0.2, 0.25) is 35.4 Å². The summed E-state index contributed by atoms with van der Waals surface area (Å²) in [6.45, 7) is 1.09. The van der Waals surface area contributed by atoms with E-state index in [0.717, 1.165) is 24.0 Å². The highest BCUT2D eigenvalue weighted by molar-refractivity contribution is 5.98. The van der Waals surface area contributed by atoms with Crippen LogP contribution in [0.25, 0.3) is 22.9 Å². The van der Waals surface area contributed by atoms with Crippen LogP contribution in [0.5, 0.6) is 0 Å². The zero-order chi connectivity index (χ0) is 35.2. The number of nitrogens with zero attached hydrogens (tertiary/aromatic N) is 6. The largest absolute Gasteiger partial charge is 0.416 e. The number of likely N-dealkylation sites (tertiary alicyclic amines) is 2. The standard InChI is InChI=1S/C38H36N8O5/c47-33(21-25-5-1-17-39-23-25)45-19-3-7-31(45)35(49)41-29-13-9-27(10-14-29)37-43-44-38(51-37)28-11-15-30(16-12-28)42-36(50)32-8-4-20-46(32)34(48)22-26-6-2-18-40-24-26/h1-2,5-6,9-18,23-24,31-32H,3-4,7-8,19-22H2,(H,41,49)(H,42,50). The third-order valence-corrected chi connectivity index (χ3v) is 9.13. The van der Waals surface area contributed by atoms with Crippen molar-refractivity contribution in [3.05, 3.63) is 109 Å². The lowest BCUT2D eigenvalue weighted by atomic mass is 10.1. The van der Waals surface area contributed by atoms with E-state index >= 15 is 0 Å². The van der Waals surface area contributed by atoms with Crippen molar-refractivity contribution < 1.29 is 23.6 Å². The van der Waals surface area contributed by atoms with E-state index in [1.165, 1.54) is 0 Å². The first-order valence-electron chi connectivity index (χ1n) is 16.9. The minimum atomic E-state index is -0.531. The van der Waals surface area contributed by atoms with Gasteiger partial charge in [-0.25, -0.2) is 0 Å². The Bertz CT molecular complexity index is 1860. The lowest BCUT2D eigenvalue weighted by Crippen LogP contribution is -2.43. The van der Waals surface area contributed by atoms with Gasteiger partial charge in [-0.05, 0) is 97.5 Å². The molecule has 5 aromatic rings. The van der Waals surface area contributed by atoms with E-state index in [1.807, 2.05) is 12.1 Å². The fourth-order valence-corrected chi connectivity index (χ4v) is 6.53. The van der Waals surface area contributed by atoms with Crippen LogP contribution in [-0.4, -0.2) is 78.8 Å². The Balaban J connectivity index is 0.927. The number of hydrogen-bond donors (Lipinski definition) is 2. The second-order valence-electron chi connectivity index (χ2n) is 12.6. The van der Waals surface area contributed by atoms with Gasteiger partial charge in [-0.15, -0.1) is 10.2 Å². The molecular weight excluding hydrogens is 648 g/mol. The van der Waals surface area contributed by atoms with Crippen molar-refractivity contribution >= 4 is 35.0 Å². The van der Waals surface area contributed by atoms with Crippen LogP contribution < -0.4 is 10.6 Å². The second kappa shape index (κ2) is 15.1. The highest BCUT2D eigenvalue weighted by atomic mass is 16.4. The summed E-state index contributed by atoms with van der Waals surface area (Å²) in [5, 5.41) is 14.3. The van der Waals surface area contributed by atoms with Gasteiger partial charge in [0.25, 0.3) is 0 Å². The molecule has 4 amide bonds. The van der Waals surface area contributed by atoms with Crippen LogP contribution in [0.3, 0.4) is 0 Å². The van der Waals surface area contributed by atoms with Gasteiger partial charge in [0.15, 0.2) is 0 Å². The molecule has 0 saturated carbocycles. The highest BCUT2D eigenvalue weighted by Crippen LogP contribution is 2.27. The number of rotatable bonds is 10. The van der Waals surface area contributed by atoms with Gasteiger partial charge in [-0.3, -0.25) is 29.1 Å². The molecule has 2 aliphatic heterocycles. The summed E-state index contributed by atoms with van der Waals surface area (Å²) >= 11 is 0. The molecule has 0 bridgehead atoms. The molecule has 2 saturated heterocycles. The second-order valence-corrected chi connectivity index (χ2v) is 12.6. The van der Waals surface area contributed by atoms with Crippen LogP contribution in [0, 0.1) is 0 Å². The number of pyridine rings is 2. The van der Waals surface area contributed by atoms with Crippen LogP contribution in [0.15, 0.2) is 102 Å². The van der Waals surface area contributed by atoms with E-state index in [-0.39, 0.29) is 36.5 Å². The quantitative estimate of drug-likeness (QED) is 0.215. The van der Waals surface area contributed by atoms with E-state index in [1.54, 1.807) is 95.3 Å². The molecule has 7 rings (SSSR count). The number of anilines is 2. The Morgan fingerprint density at radius 3 is 1.45 bits per heavy atom. The molecule has 2 atom stereocenters. The summed E-state index contributed by atoms with van der Waals surface area (Å²) in [5.41, 5.74) is 4.15. The predicted octanol–water partition coefficient (Wildman–Crippen LogP) is 4.54. The van der Waals surface area contributed by atoms with Gasteiger partial charge in [-0.2, -0.15) is 0 Å². The highest BCUT2D eigenvalue weighted by Gasteiger charge is 2.35. The first-order valence-corrected chi connectivity index (χ1v) is 16.9. The van der Waals surface area contributed by atoms with Gasteiger partial charge in [-0.1, -0.05) is 12.1 Å². The van der Waals surface area contributed by atoms with Crippen molar-refractivity contribution in [1.29, 1.82) is 0 Å². The monoisotopic (exact) mass is 684 g/mol. The van der Waals surface area contributed by atoms with Gasteiger partial charge >= 0.3 is 0 Å². The number of carbonyl (C=O) groups is 4. The third-order valence-electron chi connectivity index (χ3n) is 9.13. The van der Waals surface area contributed by atoms with Crippen molar-refractivity contribution in [2.75, 3.05) is 23.7 Å². The average Bonchev–Trinajstić information content (AvgIpc) is 3.95. The molecule has 258 valence electrons. The molecule has 0 spiro atoms. The molecule has 13 nitrogen and oxygen atoms in total. The number of amides is 4. The summed E-state index contributed by atoms with van der Waals surface area (Å²) in [5.74, 6) is -0.0296. The zero-order valence-corrected chi connectivity index (χ0v) is 27.8. The summed E-state index contributed by atoms with van der Waals surface area (Å²) in [6.07, 6.45) is 9.80. The Kier molecular flexibility index (Phi) is 9.86. The minimum absolute atomic E-state index is 0.0934. The number of benzene rings is 2. The summed E-state index contributed by atoms with van der Waals surface area (Å²) in [4.78, 5) is 63.6. The summed E-state index contributed by atoms with van der Waals surface area (Å²) < 4.78 is 5.94. The van der Waals surface area contributed by atoms with Crippen LogP contribution in [0.2, 0.25) is 0 Å². The van der Waals surface area contributed by atoms with Crippen LogP contribution >= 0.6 is 0 Å². The summed E-state index contributed by atoms with van der Waals surface area (Å²) in [6, 6.07) is 20.3. The molecule has 2 unspecified atom stereocenters. The van der Waals surface area contributed by atoms with E-state index in [2.05, 4.69) is 30.8 Å². The number of aromatic nitrogens is 4. The lowest BCUT2D eigenvalue weighted by Gasteiger charge is -2.24. The molecular formula is C38H36N8O5. The first-order chi connectivity index (χ1) is 24.9. The Morgan fingerprint density at radius 2 is 1.06 bits per heavy atom. The van der Waals surface area contributed by atoms with Crippen molar-refractivity contribution in [3.63, 3.8) is 0 Å². The fraction of sp³-hybridized carbons (Fsp3) is 0.263. The summed E-state index contributed by atoms with van der Waals surface area (Å²) in [7, 11) is 0. The predicted molar refractivity (Wildman–Crippen MR) is 188 cm³/mol. The fourth-order valence-electron chi connectivity index (χ4n) is 6.53. The molecule has 13 heteroatoms. The van der Waals surface area contributed by atoms with E-state index < -0.39 is 12.1 Å². The zero-order valence-electron chi connectivity index (χ0n) is 27.8. The lowest BCUT2D eigenvalue weighted by molar-refractivity contribution is -0.136. The third kappa shape index (κ3) is 7.82. The molecule has 2 N–H and O–H groups in total. The molecule has 5 heterocycles. The van der Waals surface area contributed by atoms with Gasteiger partial charge in [0, 0.05) is 60.4 Å². The maximum Gasteiger partial charge on any atom is 0.248 e. The first kappa shape index (κ1) is 33.3. The van der Waals surface area contributed by atoms with Gasteiger partial charge in [0.1, 0.15) is 12.1 Å². The van der Waals surface area contributed by atoms with Crippen molar-refractivity contribution in [2.24, 2.45) is 0 Å². The van der Waals surface area contributed by atoms with Crippen molar-refractivity contribution in [2.45, 2.75) is 50.6 Å². The van der Waals surface area contributed by atoms with Crippen LogP contribution in [-0.2, 0) is 32.0 Å². The maximum absolute atomic E-state index is 13.2. The van der Waals surface area contributed by atoms with Gasteiger partial charge in [0.05, 0.1) is 12.8 Å².